The summed E-state index contributed by atoms with van der Waals surface area (Å²) in [7, 11) is 0. The molecule has 0 atom stereocenters. The van der Waals surface area contributed by atoms with E-state index in [9.17, 15) is 18.4 Å². The van der Waals surface area contributed by atoms with E-state index in [1.807, 2.05) is 0 Å². The number of halogens is 2. The molecule has 0 spiro atoms. The molecule has 108 valence electrons. The highest BCUT2D eigenvalue weighted by Gasteiger charge is 2.10. The van der Waals surface area contributed by atoms with Crippen molar-refractivity contribution >= 4 is 11.8 Å². The van der Waals surface area contributed by atoms with Gasteiger partial charge in [0.2, 0.25) is 0 Å². The van der Waals surface area contributed by atoms with E-state index in [-0.39, 0.29) is 11.1 Å². The van der Waals surface area contributed by atoms with Gasteiger partial charge in [0.1, 0.15) is 11.6 Å². The first-order chi connectivity index (χ1) is 9.97. The highest BCUT2D eigenvalue weighted by Crippen LogP contribution is 2.08. The normalized spacial score (nSPS) is 10.0. The fourth-order valence-electron chi connectivity index (χ4n) is 1.59. The highest BCUT2D eigenvalue weighted by molar-refractivity contribution is 5.99. The molecule has 6 heteroatoms. The molecule has 21 heavy (non-hydrogen) atoms. The van der Waals surface area contributed by atoms with Gasteiger partial charge in [0.05, 0.1) is 0 Å². The van der Waals surface area contributed by atoms with Crippen molar-refractivity contribution < 1.29 is 18.4 Å². The lowest BCUT2D eigenvalue weighted by molar-refractivity contribution is 0.0846. The molecule has 0 fully saturated rings. The number of carbonyl (C=O) groups is 2. The quantitative estimate of drug-likeness (QED) is 0.834. The number of hydrogen-bond donors (Lipinski definition) is 2. The van der Waals surface area contributed by atoms with Crippen LogP contribution in [-0.2, 0) is 0 Å². The van der Waals surface area contributed by atoms with E-state index < -0.39 is 23.4 Å². The Kier molecular flexibility index (Phi) is 4.27. The molecule has 0 aliphatic rings. The van der Waals surface area contributed by atoms with E-state index in [1.165, 1.54) is 24.3 Å². The Bertz CT molecular complexity index is 685. The Morgan fingerprint density at radius 3 is 1.95 bits per heavy atom. The fourth-order valence-corrected chi connectivity index (χ4v) is 1.59. The first kappa shape index (κ1) is 14.6. The Hall–Kier alpha value is -2.76. The standard InChI is InChI=1S/C15H12F2N2O2/c1-9-2-3-11(8-13(9)17)15(21)19-18-14(20)10-4-6-12(16)7-5-10/h2-8H,1H3,(H,18,20)(H,19,21). The third-order valence-electron chi connectivity index (χ3n) is 2.83. The Balaban J connectivity index is 1.98. The molecule has 0 saturated heterocycles. The van der Waals surface area contributed by atoms with E-state index in [0.717, 1.165) is 18.2 Å². The number of aryl methyl sites for hydroxylation is 1. The summed E-state index contributed by atoms with van der Waals surface area (Å²) in [4.78, 5) is 23.4. The molecule has 0 aliphatic carbocycles. The average Bonchev–Trinajstić information content (AvgIpc) is 2.48. The molecule has 0 saturated carbocycles. The monoisotopic (exact) mass is 290 g/mol. The van der Waals surface area contributed by atoms with Gasteiger partial charge < -0.3 is 0 Å². The Labute approximate surface area is 119 Å². The summed E-state index contributed by atoms with van der Waals surface area (Å²) in [5, 5.41) is 0. The number of nitrogens with one attached hydrogen (secondary N) is 2. The lowest BCUT2D eigenvalue weighted by Crippen LogP contribution is -2.41. The smallest absolute Gasteiger partial charge is 0.267 e. The van der Waals surface area contributed by atoms with Crippen LogP contribution in [-0.4, -0.2) is 11.8 Å². The molecule has 0 bridgehead atoms. The van der Waals surface area contributed by atoms with Crippen LogP contribution in [0.2, 0.25) is 0 Å². The number of hydrogen-bond acceptors (Lipinski definition) is 2. The van der Waals surface area contributed by atoms with Gasteiger partial charge in [-0.2, -0.15) is 0 Å². The van der Waals surface area contributed by atoms with E-state index in [4.69, 9.17) is 0 Å². The number of rotatable bonds is 2. The van der Waals surface area contributed by atoms with Gasteiger partial charge in [-0.1, -0.05) is 6.07 Å². The molecule has 2 aromatic carbocycles. The van der Waals surface area contributed by atoms with Crippen molar-refractivity contribution in [3.05, 3.63) is 70.8 Å². The minimum Gasteiger partial charge on any atom is -0.267 e. The Morgan fingerprint density at radius 2 is 1.38 bits per heavy atom. The van der Waals surface area contributed by atoms with E-state index in [2.05, 4.69) is 10.9 Å². The summed E-state index contributed by atoms with van der Waals surface area (Å²) < 4.78 is 26.1. The summed E-state index contributed by atoms with van der Waals surface area (Å²) in [6, 6.07) is 8.81. The molecule has 2 rings (SSSR count). The molecule has 0 heterocycles. The van der Waals surface area contributed by atoms with Gasteiger partial charge in [-0.05, 0) is 48.9 Å². The van der Waals surface area contributed by atoms with Crippen LogP contribution in [0.4, 0.5) is 8.78 Å². The van der Waals surface area contributed by atoms with E-state index in [1.54, 1.807) is 6.92 Å². The van der Waals surface area contributed by atoms with Crippen LogP contribution < -0.4 is 10.9 Å². The first-order valence-electron chi connectivity index (χ1n) is 6.10. The van der Waals surface area contributed by atoms with Gasteiger partial charge >= 0.3 is 0 Å². The zero-order valence-electron chi connectivity index (χ0n) is 11.1. The minimum atomic E-state index is -0.649. The van der Waals surface area contributed by atoms with Gasteiger partial charge in [0.25, 0.3) is 11.8 Å². The summed E-state index contributed by atoms with van der Waals surface area (Å²) in [5.74, 6) is -2.22. The van der Waals surface area contributed by atoms with Crippen LogP contribution >= 0.6 is 0 Å². The van der Waals surface area contributed by atoms with Crippen LogP contribution in [0.15, 0.2) is 42.5 Å². The predicted molar refractivity (Wildman–Crippen MR) is 72.5 cm³/mol. The molecule has 2 aromatic rings. The van der Waals surface area contributed by atoms with Crippen LogP contribution in [0, 0.1) is 18.6 Å². The molecule has 4 nitrogen and oxygen atoms in total. The van der Waals surface area contributed by atoms with Crippen molar-refractivity contribution in [1.29, 1.82) is 0 Å². The lowest BCUT2D eigenvalue weighted by Gasteiger charge is -2.08. The fraction of sp³-hybridized carbons (Fsp3) is 0.0667. The van der Waals surface area contributed by atoms with Crippen molar-refractivity contribution in [2.45, 2.75) is 6.92 Å². The van der Waals surface area contributed by atoms with Gasteiger partial charge in [-0.3, -0.25) is 20.4 Å². The zero-order valence-corrected chi connectivity index (χ0v) is 11.1. The number of benzene rings is 2. The van der Waals surface area contributed by atoms with Crippen molar-refractivity contribution in [3.8, 4) is 0 Å². The summed E-state index contributed by atoms with van der Waals surface area (Å²) >= 11 is 0. The molecular formula is C15H12F2N2O2. The van der Waals surface area contributed by atoms with E-state index in [0.29, 0.717) is 5.56 Å². The van der Waals surface area contributed by atoms with Gasteiger partial charge in [-0.15, -0.1) is 0 Å². The summed E-state index contributed by atoms with van der Waals surface area (Å²) in [6.45, 7) is 1.58. The van der Waals surface area contributed by atoms with Gasteiger partial charge in [0.15, 0.2) is 0 Å². The molecule has 2 amide bonds. The average molecular weight is 290 g/mol. The maximum absolute atomic E-state index is 13.3. The summed E-state index contributed by atoms with van der Waals surface area (Å²) in [5.41, 5.74) is 5.01. The van der Waals surface area contributed by atoms with E-state index >= 15 is 0 Å². The van der Waals surface area contributed by atoms with Crippen molar-refractivity contribution in [2.75, 3.05) is 0 Å². The predicted octanol–water partition coefficient (Wildman–Crippen LogP) is 2.35. The van der Waals surface area contributed by atoms with Crippen LogP contribution in [0.1, 0.15) is 26.3 Å². The number of carbonyl (C=O) groups excluding carboxylic acids is 2. The molecule has 0 radical (unpaired) electrons. The maximum atomic E-state index is 13.3. The largest absolute Gasteiger partial charge is 0.269 e. The second-order valence-electron chi connectivity index (χ2n) is 4.38. The minimum absolute atomic E-state index is 0.0810. The van der Waals surface area contributed by atoms with Crippen LogP contribution in [0.5, 0.6) is 0 Å². The second-order valence-corrected chi connectivity index (χ2v) is 4.38. The number of amides is 2. The SMILES string of the molecule is Cc1ccc(C(=O)NNC(=O)c2ccc(F)cc2)cc1F. The third kappa shape index (κ3) is 3.62. The summed E-state index contributed by atoms with van der Waals surface area (Å²) in [6.07, 6.45) is 0. The van der Waals surface area contributed by atoms with Gasteiger partial charge in [0, 0.05) is 11.1 Å². The molecule has 2 N–H and O–H groups in total. The number of hydrazine groups is 1. The van der Waals surface area contributed by atoms with Crippen molar-refractivity contribution in [3.63, 3.8) is 0 Å². The third-order valence-corrected chi connectivity index (χ3v) is 2.83. The second kappa shape index (κ2) is 6.13. The Morgan fingerprint density at radius 1 is 0.857 bits per heavy atom. The van der Waals surface area contributed by atoms with Crippen LogP contribution in [0.3, 0.4) is 0 Å². The molecule has 0 aromatic heterocycles. The van der Waals surface area contributed by atoms with Crippen molar-refractivity contribution in [1.82, 2.24) is 10.9 Å². The topological polar surface area (TPSA) is 58.2 Å². The maximum Gasteiger partial charge on any atom is 0.269 e. The van der Waals surface area contributed by atoms with Crippen LogP contribution in [0.25, 0.3) is 0 Å². The molecule has 0 unspecified atom stereocenters. The lowest BCUT2D eigenvalue weighted by atomic mass is 10.1. The van der Waals surface area contributed by atoms with Crippen molar-refractivity contribution in [2.24, 2.45) is 0 Å². The first-order valence-corrected chi connectivity index (χ1v) is 6.10. The van der Waals surface area contributed by atoms with Gasteiger partial charge in [-0.25, -0.2) is 8.78 Å². The zero-order chi connectivity index (χ0) is 15.4. The highest BCUT2D eigenvalue weighted by atomic mass is 19.1. The molecule has 0 aliphatic heterocycles. The molecular weight excluding hydrogens is 278 g/mol.